The molecule has 3 heterocycles. The molecule has 0 bridgehead atoms. The number of nitrogens with zero attached hydrogens (tertiary/aromatic N) is 3. The van der Waals surface area contributed by atoms with Crippen LogP contribution in [-0.4, -0.2) is 66.8 Å². The fourth-order valence-electron chi connectivity index (χ4n) is 4.10. The molecule has 0 unspecified atom stereocenters. The monoisotopic (exact) mass is 373 g/mol. The van der Waals surface area contributed by atoms with E-state index in [0.29, 0.717) is 42.3 Å². The van der Waals surface area contributed by atoms with Crippen molar-refractivity contribution in [2.75, 3.05) is 38.8 Å². The van der Waals surface area contributed by atoms with E-state index in [0.717, 1.165) is 6.42 Å². The van der Waals surface area contributed by atoms with E-state index in [1.54, 1.807) is 28.0 Å². The molecule has 4 rings (SSSR count). The number of para-hydroxylation sites is 1. The van der Waals surface area contributed by atoms with Gasteiger partial charge in [-0.2, -0.15) is 4.98 Å². The van der Waals surface area contributed by atoms with Crippen molar-refractivity contribution in [2.45, 2.75) is 18.9 Å². The molecule has 2 saturated heterocycles. The number of piperidine rings is 1. The second-order valence-electron chi connectivity index (χ2n) is 7.46. The maximum absolute atomic E-state index is 13.4. The number of carboxylic acids is 1. The highest BCUT2D eigenvalue weighted by Crippen LogP contribution is 2.34. The number of aliphatic carboxylic acids is 1. The van der Waals surface area contributed by atoms with Crippen LogP contribution in [0.25, 0.3) is 11.1 Å². The summed E-state index contributed by atoms with van der Waals surface area (Å²) in [5, 5.41) is 9.52. The van der Waals surface area contributed by atoms with Crippen LogP contribution >= 0.6 is 0 Å². The molecule has 3 atom stereocenters. The largest absolute Gasteiger partial charge is 0.481 e. The number of hydrogen-bond donors (Lipinski definition) is 1. The quantitative estimate of drug-likeness (QED) is 0.877. The van der Waals surface area contributed by atoms with Gasteiger partial charge in [0, 0.05) is 39.2 Å². The molecule has 2 aliphatic heterocycles. The zero-order chi connectivity index (χ0) is 19.1. The molecule has 2 fully saturated rings. The smallest absolute Gasteiger partial charge is 0.308 e. The molecule has 1 aromatic heterocycles. The highest BCUT2D eigenvalue weighted by atomic mass is 16.5. The molecule has 0 radical (unpaired) electrons. The van der Waals surface area contributed by atoms with Gasteiger partial charge in [-0.3, -0.25) is 9.59 Å². The number of carboxylic acid groups (broad SMARTS) is 1. The minimum Gasteiger partial charge on any atom is -0.481 e. The Morgan fingerprint density at radius 1 is 1.33 bits per heavy atom. The van der Waals surface area contributed by atoms with E-state index in [9.17, 15) is 14.7 Å². The molecule has 1 aromatic carbocycles. The number of carbonyl (C=O) groups is 2. The van der Waals surface area contributed by atoms with E-state index in [1.807, 2.05) is 14.1 Å². The van der Waals surface area contributed by atoms with Gasteiger partial charge < -0.3 is 24.1 Å². The Morgan fingerprint density at radius 2 is 2.15 bits per heavy atom. The van der Waals surface area contributed by atoms with Crippen LogP contribution in [0.4, 0.5) is 6.01 Å². The van der Waals surface area contributed by atoms with Gasteiger partial charge in [0.2, 0.25) is 0 Å². The highest BCUT2D eigenvalue weighted by molar-refractivity contribution is 6.05. The van der Waals surface area contributed by atoms with Crippen LogP contribution < -0.4 is 4.90 Å². The van der Waals surface area contributed by atoms with Crippen LogP contribution in [0.15, 0.2) is 22.6 Å². The fraction of sp³-hybridized carbons (Fsp3) is 0.526. The van der Waals surface area contributed by atoms with Gasteiger partial charge in [0.15, 0.2) is 5.58 Å². The molecule has 0 spiro atoms. The maximum atomic E-state index is 13.4. The number of likely N-dealkylation sites (tertiary alicyclic amines) is 1. The van der Waals surface area contributed by atoms with Crippen molar-refractivity contribution in [1.29, 1.82) is 0 Å². The predicted molar refractivity (Wildman–Crippen MR) is 97.8 cm³/mol. The molecule has 0 aliphatic carbocycles. The molecule has 144 valence electrons. The maximum Gasteiger partial charge on any atom is 0.308 e. The number of rotatable bonds is 3. The molecule has 8 nitrogen and oxygen atoms in total. The van der Waals surface area contributed by atoms with Gasteiger partial charge in [-0.1, -0.05) is 6.07 Å². The van der Waals surface area contributed by atoms with Gasteiger partial charge >= 0.3 is 5.97 Å². The van der Waals surface area contributed by atoms with Crippen LogP contribution in [0.2, 0.25) is 0 Å². The van der Waals surface area contributed by atoms with Crippen LogP contribution in [0.5, 0.6) is 0 Å². The second kappa shape index (κ2) is 6.84. The normalized spacial score (nSPS) is 25.3. The number of carbonyl (C=O) groups excluding carboxylic acids is 1. The van der Waals surface area contributed by atoms with Crippen molar-refractivity contribution in [1.82, 2.24) is 9.88 Å². The van der Waals surface area contributed by atoms with E-state index in [1.165, 1.54) is 0 Å². The Hall–Kier alpha value is -2.61. The van der Waals surface area contributed by atoms with Crippen LogP contribution in [0.3, 0.4) is 0 Å². The Labute approximate surface area is 156 Å². The van der Waals surface area contributed by atoms with Crippen molar-refractivity contribution in [3.8, 4) is 0 Å². The Bertz CT molecular complexity index is 877. The van der Waals surface area contributed by atoms with Crippen LogP contribution in [0, 0.1) is 11.8 Å². The molecule has 1 amide bonds. The number of fused-ring (bicyclic) bond motifs is 2. The summed E-state index contributed by atoms with van der Waals surface area (Å²) in [6.45, 7) is 1.29. The third-order valence-electron chi connectivity index (χ3n) is 5.47. The summed E-state index contributed by atoms with van der Waals surface area (Å²) in [6.07, 6.45) is 1.27. The highest BCUT2D eigenvalue weighted by Gasteiger charge is 2.43. The summed E-state index contributed by atoms with van der Waals surface area (Å²) in [6, 6.07) is 5.69. The Kier molecular flexibility index (Phi) is 4.51. The van der Waals surface area contributed by atoms with Crippen LogP contribution in [-0.2, 0) is 9.53 Å². The molecule has 0 saturated carbocycles. The number of amides is 1. The number of anilines is 1. The molecule has 2 aliphatic rings. The van der Waals surface area contributed by atoms with Crippen molar-refractivity contribution >= 4 is 29.0 Å². The first kappa shape index (κ1) is 17.8. The number of oxazole rings is 1. The lowest BCUT2D eigenvalue weighted by Crippen LogP contribution is -2.56. The predicted octanol–water partition coefficient (Wildman–Crippen LogP) is 1.85. The first-order valence-electron chi connectivity index (χ1n) is 9.14. The van der Waals surface area contributed by atoms with E-state index in [2.05, 4.69) is 4.98 Å². The number of hydrogen-bond acceptors (Lipinski definition) is 6. The summed E-state index contributed by atoms with van der Waals surface area (Å²) in [5.74, 6) is -1.59. The van der Waals surface area contributed by atoms with Crippen LogP contribution in [0.1, 0.15) is 23.2 Å². The van der Waals surface area contributed by atoms with Crippen molar-refractivity contribution < 1.29 is 23.8 Å². The fourth-order valence-corrected chi connectivity index (χ4v) is 4.10. The molecule has 1 N–H and O–H groups in total. The molecular weight excluding hydrogens is 350 g/mol. The summed E-state index contributed by atoms with van der Waals surface area (Å²) in [7, 11) is 3.64. The summed E-state index contributed by atoms with van der Waals surface area (Å²) < 4.78 is 11.2. The number of ether oxygens (including phenoxy) is 1. The SMILES string of the molecule is CN(C)c1nc2c(C(=O)N3C[C@H](C(=O)O)C[C@@H]4COCC[C@H]43)cccc2o1. The average Bonchev–Trinajstić information content (AvgIpc) is 3.11. The van der Waals surface area contributed by atoms with Crippen molar-refractivity contribution in [2.24, 2.45) is 11.8 Å². The summed E-state index contributed by atoms with van der Waals surface area (Å²) in [5.41, 5.74) is 1.49. The Balaban J connectivity index is 1.71. The van der Waals surface area contributed by atoms with Gasteiger partial charge in [0.1, 0.15) is 5.52 Å². The van der Waals surface area contributed by atoms with E-state index < -0.39 is 11.9 Å². The molecule has 8 heteroatoms. The third kappa shape index (κ3) is 3.14. The lowest BCUT2D eigenvalue weighted by atomic mass is 9.80. The Morgan fingerprint density at radius 3 is 2.89 bits per heavy atom. The first-order chi connectivity index (χ1) is 13.0. The van der Waals surface area contributed by atoms with E-state index >= 15 is 0 Å². The second-order valence-corrected chi connectivity index (χ2v) is 7.46. The average molecular weight is 373 g/mol. The zero-order valence-corrected chi connectivity index (χ0v) is 15.4. The summed E-state index contributed by atoms with van der Waals surface area (Å²) in [4.78, 5) is 32.9. The number of benzene rings is 1. The third-order valence-corrected chi connectivity index (χ3v) is 5.47. The zero-order valence-electron chi connectivity index (χ0n) is 15.4. The lowest BCUT2D eigenvalue weighted by Gasteiger charge is -2.45. The number of aromatic nitrogens is 1. The standard InChI is InChI=1S/C19H23N3O5/c1-21(2)19-20-16-13(4-3-5-15(16)27-19)17(23)22-9-11(18(24)25)8-12-10-26-7-6-14(12)22/h3-5,11-12,14H,6-10H2,1-2H3,(H,24,25)/t11-,12-,14-/m1/s1. The summed E-state index contributed by atoms with van der Waals surface area (Å²) >= 11 is 0. The molecule has 2 aromatic rings. The van der Waals surface area contributed by atoms with Gasteiger partial charge in [-0.05, 0) is 25.0 Å². The minimum atomic E-state index is -0.869. The first-order valence-corrected chi connectivity index (χ1v) is 9.14. The van der Waals surface area contributed by atoms with Gasteiger partial charge in [0.25, 0.3) is 11.9 Å². The van der Waals surface area contributed by atoms with Gasteiger partial charge in [-0.25, -0.2) is 0 Å². The van der Waals surface area contributed by atoms with E-state index in [-0.39, 0.29) is 24.4 Å². The van der Waals surface area contributed by atoms with Gasteiger partial charge in [0.05, 0.1) is 18.1 Å². The molecular formula is C19H23N3O5. The topological polar surface area (TPSA) is 96.1 Å². The van der Waals surface area contributed by atoms with Gasteiger partial charge in [-0.15, -0.1) is 0 Å². The van der Waals surface area contributed by atoms with Crippen molar-refractivity contribution in [3.63, 3.8) is 0 Å². The van der Waals surface area contributed by atoms with E-state index in [4.69, 9.17) is 9.15 Å². The van der Waals surface area contributed by atoms with Crippen molar-refractivity contribution in [3.05, 3.63) is 23.8 Å². The lowest BCUT2D eigenvalue weighted by molar-refractivity contribution is -0.146. The molecule has 27 heavy (non-hydrogen) atoms. The minimum absolute atomic E-state index is 0.00248.